The summed E-state index contributed by atoms with van der Waals surface area (Å²) in [7, 11) is -3.87. The smallest absolute Gasteiger partial charge is 0.306 e. The zero-order valence-corrected chi connectivity index (χ0v) is 34.5. The van der Waals surface area contributed by atoms with Crippen LogP contribution in [-0.2, 0) is 40.5 Å². The molecule has 8 rings (SSSR count). The third kappa shape index (κ3) is 8.40. The van der Waals surface area contributed by atoms with Gasteiger partial charge in [0, 0.05) is 35.9 Å². The lowest BCUT2D eigenvalue weighted by Crippen LogP contribution is -2.48. The highest BCUT2D eigenvalue weighted by Crippen LogP contribution is 2.57. The predicted octanol–water partition coefficient (Wildman–Crippen LogP) is 6.41. The van der Waals surface area contributed by atoms with Crippen LogP contribution in [0, 0.1) is 29.1 Å². The van der Waals surface area contributed by atoms with Gasteiger partial charge in [-0.2, -0.15) is 0 Å². The number of ketones is 1. The van der Waals surface area contributed by atoms with E-state index in [0.29, 0.717) is 41.6 Å². The first kappa shape index (κ1) is 40.8. The zero-order valence-electron chi connectivity index (χ0n) is 33.0. The highest BCUT2D eigenvalue weighted by Gasteiger charge is 2.61. The van der Waals surface area contributed by atoms with E-state index in [0.717, 1.165) is 57.8 Å². The second-order valence-electron chi connectivity index (χ2n) is 17.6. The highest BCUT2D eigenvalue weighted by atomic mass is 35.5. The Hall–Kier alpha value is -3.97. The number of halogens is 1. The Labute approximate surface area is 344 Å². The summed E-state index contributed by atoms with van der Waals surface area (Å²) in [4.78, 5) is 72.8. The summed E-state index contributed by atoms with van der Waals surface area (Å²) < 4.78 is 42.4. The second-order valence-corrected chi connectivity index (χ2v) is 20.0. The lowest BCUT2D eigenvalue weighted by Gasteiger charge is -2.34. The molecule has 2 amide bonds. The fourth-order valence-corrected chi connectivity index (χ4v) is 11.7. The normalized spacial score (nSPS) is 31.6. The van der Waals surface area contributed by atoms with Crippen LogP contribution < -0.4 is 15.0 Å². The van der Waals surface area contributed by atoms with E-state index in [9.17, 15) is 27.6 Å². The third-order valence-electron chi connectivity index (χ3n) is 13.7. The first-order chi connectivity index (χ1) is 27.9. The molecule has 4 saturated carbocycles. The van der Waals surface area contributed by atoms with Gasteiger partial charge in [0.05, 0.1) is 35.6 Å². The van der Waals surface area contributed by atoms with Crippen molar-refractivity contribution in [2.45, 2.75) is 133 Å². The van der Waals surface area contributed by atoms with Crippen molar-refractivity contribution in [1.29, 1.82) is 0 Å². The summed E-state index contributed by atoms with van der Waals surface area (Å²) in [6.45, 7) is 4.18. The molecular weight excluding hydrogens is 782 g/mol. The molecule has 0 spiro atoms. The fraction of sp³-hybridized carbons (Fsp3) is 0.614. The number of sulfonamides is 1. The molecule has 2 bridgehead atoms. The summed E-state index contributed by atoms with van der Waals surface area (Å²) in [5.74, 6) is -2.61. The van der Waals surface area contributed by atoms with Crippen molar-refractivity contribution in [3.8, 4) is 5.88 Å². The van der Waals surface area contributed by atoms with Crippen LogP contribution >= 0.6 is 11.6 Å². The van der Waals surface area contributed by atoms with Crippen molar-refractivity contribution in [3.63, 3.8) is 0 Å². The summed E-state index contributed by atoms with van der Waals surface area (Å²) >= 11 is 6.36. The molecule has 4 aliphatic carbocycles. The van der Waals surface area contributed by atoms with E-state index in [2.05, 4.69) is 17.4 Å². The van der Waals surface area contributed by atoms with Gasteiger partial charge < -0.3 is 14.4 Å². The van der Waals surface area contributed by atoms with Crippen LogP contribution in [-0.4, -0.2) is 71.5 Å². The van der Waals surface area contributed by atoms with Crippen molar-refractivity contribution in [2.24, 2.45) is 29.1 Å². The third-order valence-corrected chi connectivity index (χ3v) is 15.8. The first-order valence-electron chi connectivity index (χ1n) is 21.2. The minimum atomic E-state index is -3.87. The number of esters is 1. The molecule has 5 fully saturated rings. The number of carbonyl (C=O) groups is 4. The molecule has 312 valence electrons. The average molecular weight is 836 g/mol. The van der Waals surface area contributed by atoms with E-state index in [1.54, 1.807) is 34.9 Å². The van der Waals surface area contributed by atoms with Gasteiger partial charge in [-0.15, -0.1) is 6.58 Å². The minimum Gasteiger partial charge on any atom is -0.473 e. The number of hydrogen-bond acceptors (Lipinski definition) is 9. The number of pyridine rings is 1. The van der Waals surface area contributed by atoms with Gasteiger partial charge >= 0.3 is 5.97 Å². The fourth-order valence-electron chi connectivity index (χ4n) is 10.1. The maximum Gasteiger partial charge on any atom is 0.306 e. The molecule has 14 heteroatoms. The number of hydrogen-bond donors (Lipinski definition) is 1. The van der Waals surface area contributed by atoms with E-state index in [4.69, 9.17) is 21.1 Å². The van der Waals surface area contributed by atoms with Gasteiger partial charge in [0.25, 0.3) is 5.56 Å². The number of aromatic nitrogens is 1. The number of allylic oxidation sites excluding steroid dienone is 3. The molecule has 7 atom stereocenters. The lowest BCUT2D eigenvalue weighted by molar-refractivity contribution is -0.157. The number of nitrogens with zero attached hydrogens (tertiary/aromatic N) is 2. The topological polar surface area (TPSA) is 158 Å². The Morgan fingerprint density at radius 3 is 2.48 bits per heavy atom. The number of amides is 2. The summed E-state index contributed by atoms with van der Waals surface area (Å²) in [5.41, 5.74) is -1.56. The Bertz CT molecular complexity index is 2180. The molecule has 1 N–H and O–H groups in total. The van der Waals surface area contributed by atoms with E-state index in [1.807, 2.05) is 6.08 Å². The van der Waals surface area contributed by atoms with Crippen LogP contribution in [0.1, 0.15) is 103 Å². The zero-order chi connectivity index (χ0) is 40.8. The van der Waals surface area contributed by atoms with E-state index in [1.165, 1.54) is 4.90 Å². The largest absolute Gasteiger partial charge is 0.473 e. The number of Topliss-reactive ketones (excluding diaryl/α,β-unsaturated/α-hetero) is 1. The molecule has 6 aliphatic rings. The Morgan fingerprint density at radius 2 is 1.74 bits per heavy atom. The van der Waals surface area contributed by atoms with Crippen LogP contribution in [0.2, 0.25) is 5.02 Å². The molecule has 12 nitrogen and oxygen atoms in total. The van der Waals surface area contributed by atoms with Crippen LogP contribution in [0.3, 0.4) is 0 Å². The summed E-state index contributed by atoms with van der Waals surface area (Å²) in [6, 6.07) is 5.83. The van der Waals surface area contributed by atoms with Gasteiger partial charge in [0.1, 0.15) is 12.2 Å². The number of nitrogens with one attached hydrogen (secondary N) is 1. The monoisotopic (exact) mass is 835 g/mol. The van der Waals surface area contributed by atoms with Crippen molar-refractivity contribution in [2.75, 3.05) is 6.54 Å². The Morgan fingerprint density at radius 1 is 0.966 bits per heavy atom. The molecular formula is C44H54ClN3O9S. The van der Waals surface area contributed by atoms with Crippen LogP contribution in [0.4, 0.5) is 0 Å². The molecule has 3 heterocycles. The molecule has 0 radical (unpaired) electrons. The Kier molecular flexibility index (Phi) is 11.7. The number of benzene rings is 1. The van der Waals surface area contributed by atoms with Crippen molar-refractivity contribution >= 4 is 56.0 Å². The molecule has 0 unspecified atom stereocenters. The van der Waals surface area contributed by atoms with Gasteiger partial charge in [0.15, 0.2) is 11.7 Å². The molecule has 1 saturated heterocycles. The molecule has 58 heavy (non-hydrogen) atoms. The molecule has 2 aromatic rings. The van der Waals surface area contributed by atoms with Gasteiger partial charge in [-0.05, 0) is 106 Å². The van der Waals surface area contributed by atoms with Crippen molar-refractivity contribution in [3.05, 3.63) is 64.4 Å². The molecule has 1 aromatic carbocycles. The molecule has 2 aliphatic heterocycles. The van der Waals surface area contributed by atoms with Crippen LogP contribution in [0.15, 0.2) is 53.9 Å². The van der Waals surface area contributed by atoms with E-state index < -0.39 is 56.5 Å². The van der Waals surface area contributed by atoms with Crippen molar-refractivity contribution < 1.29 is 37.1 Å². The van der Waals surface area contributed by atoms with Gasteiger partial charge in [-0.25, -0.2) is 8.42 Å². The van der Waals surface area contributed by atoms with E-state index in [-0.39, 0.29) is 73.3 Å². The minimum absolute atomic E-state index is 0.0139. The number of fused-ring (bicyclic) bond motifs is 5. The Balaban J connectivity index is 1.15. The van der Waals surface area contributed by atoms with Crippen LogP contribution in [0.5, 0.6) is 5.88 Å². The van der Waals surface area contributed by atoms with Gasteiger partial charge in [0.2, 0.25) is 21.8 Å². The molecule has 1 aromatic heterocycles. The number of carbonyl (C=O) groups excluding carboxylic acids is 4. The quantitative estimate of drug-likeness (QED) is 0.234. The van der Waals surface area contributed by atoms with Gasteiger partial charge in [-0.1, -0.05) is 49.1 Å². The lowest BCUT2D eigenvalue weighted by atomic mass is 9.77. The maximum absolute atomic E-state index is 15.1. The second kappa shape index (κ2) is 16.6. The highest BCUT2D eigenvalue weighted by molar-refractivity contribution is 7.90. The predicted molar refractivity (Wildman–Crippen MR) is 218 cm³/mol. The SMILES string of the molecule is C=C[C@@H]1C[C@]1(CC(=O)[C@@H]1C[C@@H]2CN1C(=O)[C@H](C1CCCCC1)CC(=O)O[C@@H]1CCC[C@H]1C/C=C/CCn1c(cc3cc(Cl)ccc3c1=O)O2)C(=O)NS(=O)(=O)C1CC1. The number of ether oxygens (including phenoxy) is 2. The first-order valence-corrected chi connectivity index (χ1v) is 23.2. The summed E-state index contributed by atoms with van der Waals surface area (Å²) in [6.07, 6.45) is 14.0. The maximum atomic E-state index is 15.1. The van der Waals surface area contributed by atoms with Crippen molar-refractivity contribution in [1.82, 2.24) is 14.2 Å². The van der Waals surface area contributed by atoms with Crippen LogP contribution in [0.25, 0.3) is 10.8 Å². The summed E-state index contributed by atoms with van der Waals surface area (Å²) in [5, 5.41) is 0.925. The van der Waals surface area contributed by atoms with E-state index >= 15 is 4.79 Å². The standard InChI is InChI=1S/C44H54ClN3O9S/c1-2-30-24-44(30,43(53)46-58(54,55)33-16-17-33)25-37(49)36-22-32-26-48(36)42(52)35(27-10-5-3-6-11-27)23-40(50)57-38-14-9-13-28(38)12-7-4-8-19-47-39(56-32)21-29-20-31(45)15-18-34(29)41(47)51/h2,4,7,15,18,20-21,27-28,30,32-33,35-36,38H,1,3,5-6,8-14,16-17,19,22-26H2,(H,46,53)/b7-4+/t28-,30-,32-,35+,36+,38-,44-/m1/s1. The number of rotatable bonds is 8. The van der Waals surface area contributed by atoms with Gasteiger partial charge in [-0.3, -0.25) is 33.3 Å². The average Bonchev–Trinajstić information content (AvgIpc) is 4.09.